The fraction of sp³-hybridized carbons (Fsp3) is 0.471. The van der Waals surface area contributed by atoms with Crippen LogP contribution in [0.3, 0.4) is 0 Å². The summed E-state index contributed by atoms with van der Waals surface area (Å²) < 4.78 is 36.6. The average Bonchev–Trinajstić information content (AvgIpc) is 2.66. The summed E-state index contributed by atoms with van der Waals surface area (Å²) in [5.41, 5.74) is -0.253. The van der Waals surface area contributed by atoms with Crippen molar-refractivity contribution in [3.8, 4) is 0 Å². The first-order chi connectivity index (χ1) is 12.6. The number of piperidine rings is 1. The van der Waals surface area contributed by atoms with Crippen molar-refractivity contribution in [2.24, 2.45) is 5.92 Å². The number of sulfonamides is 1. The second-order valence-corrected chi connectivity index (χ2v) is 8.16. The van der Waals surface area contributed by atoms with Gasteiger partial charge in [-0.2, -0.15) is 4.31 Å². The van der Waals surface area contributed by atoms with E-state index < -0.39 is 39.9 Å². The molecule has 2 rings (SSSR count). The molecule has 1 aliphatic heterocycles. The molecule has 1 saturated heterocycles. The molecule has 0 aliphatic carbocycles. The predicted molar refractivity (Wildman–Crippen MR) is 92.8 cm³/mol. The van der Waals surface area contributed by atoms with E-state index in [1.165, 1.54) is 6.07 Å². The summed E-state index contributed by atoms with van der Waals surface area (Å²) in [5, 5.41) is 9.23. The van der Waals surface area contributed by atoms with E-state index in [1.54, 1.807) is 6.92 Å². The van der Waals surface area contributed by atoms with Gasteiger partial charge in [-0.3, -0.25) is 4.79 Å². The van der Waals surface area contributed by atoms with E-state index in [9.17, 15) is 27.9 Å². The maximum absolute atomic E-state index is 13.1. The van der Waals surface area contributed by atoms with Gasteiger partial charge in [0, 0.05) is 12.6 Å². The predicted octanol–water partition coefficient (Wildman–Crippen LogP) is 1.13. The van der Waals surface area contributed by atoms with Crippen LogP contribution in [0.15, 0.2) is 23.1 Å². The van der Waals surface area contributed by atoms with Crippen molar-refractivity contribution in [2.45, 2.75) is 30.7 Å². The van der Waals surface area contributed by atoms with Gasteiger partial charge in [-0.05, 0) is 38.0 Å². The van der Waals surface area contributed by atoms with Crippen molar-refractivity contribution in [1.29, 1.82) is 0 Å². The third-order valence-corrected chi connectivity index (χ3v) is 6.49. The Morgan fingerprint density at radius 2 is 1.56 bits per heavy atom. The van der Waals surface area contributed by atoms with Gasteiger partial charge in [0.15, 0.2) is 0 Å². The molecule has 1 aliphatic rings. The van der Waals surface area contributed by atoms with Gasteiger partial charge in [0.25, 0.3) is 0 Å². The van der Waals surface area contributed by atoms with Crippen LogP contribution in [0.5, 0.6) is 0 Å². The first-order valence-corrected chi connectivity index (χ1v) is 9.62. The van der Waals surface area contributed by atoms with Crippen LogP contribution in [0.2, 0.25) is 0 Å². The largest absolute Gasteiger partial charge is 0.481 e. The van der Waals surface area contributed by atoms with Crippen molar-refractivity contribution in [3.63, 3.8) is 0 Å². The zero-order valence-corrected chi connectivity index (χ0v) is 16.0. The Bertz CT molecular complexity index is 829. The molecule has 1 heterocycles. The van der Waals surface area contributed by atoms with Crippen molar-refractivity contribution >= 4 is 27.9 Å². The molecule has 10 heteroatoms. The van der Waals surface area contributed by atoms with Crippen molar-refractivity contribution < 1.29 is 37.4 Å². The maximum Gasteiger partial charge on any atom is 0.337 e. The highest BCUT2D eigenvalue weighted by Gasteiger charge is 2.38. The number of ether oxygens (including phenoxy) is 2. The van der Waals surface area contributed by atoms with E-state index in [4.69, 9.17) is 0 Å². The third-order valence-electron chi connectivity index (χ3n) is 4.53. The number of aliphatic carboxylic acids is 1. The van der Waals surface area contributed by atoms with Crippen molar-refractivity contribution in [3.05, 3.63) is 29.3 Å². The van der Waals surface area contributed by atoms with E-state index in [1.807, 2.05) is 0 Å². The van der Waals surface area contributed by atoms with Crippen LogP contribution >= 0.6 is 0 Å². The van der Waals surface area contributed by atoms with E-state index in [0.29, 0.717) is 12.8 Å². The molecule has 0 spiro atoms. The van der Waals surface area contributed by atoms with E-state index >= 15 is 0 Å². The minimum Gasteiger partial charge on any atom is -0.481 e. The van der Waals surface area contributed by atoms with E-state index in [0.717, 1.165) is 30.7 Å². The lowest BCUT2D eigenvalue weighted by atomic mass is 9.96. The molecule has 0 aromatic heterocycles. The van der Waals surface area contributed by atoms with Crippen LogP contribution in [0.4, 0.5) is 0 Å². The molecule has 1 aromatic carbocycles. The number of carbonyl (C=O) groups excluding carboxylic acids is 2. The topological polar surface area (TPSA) is 127 Å². The van der Waals surface area contributed by atoms with Gasteiger partial charge in [0.05, 0.1) is 36.2 Å². The Labute approximate surface area is 156 Å². The van der Waals surface area contributed by atoms with Gasteiger partial charge in [-0.25, -0.2) is 18.0 Å². The van der Waals surface area contributed by atoms with Gasteiger partial charge in [-0.1, -0.05) is 0 Å². The number of methoxy groups -OCH3 is 2. The molecule has 1 N–H and O–H groups in total. The number of hydrogen-bond donors (Lipinski definition) is 1. The quantitative estimate of drug-likeness (QED) is 0.730. The van der Waals surface area contributed by atoms with E-state index in [-0.39, 0.29) is 22.6 Å². The Kier molecular flexibility index (Phi) is 6.22. The maximum atomic E-state index is 13.1. The third kappa shape index (κ3) is 4.28. The number of esters is 2. The second kappa shape index (κ2) is 8.05. The van der Waals surface area contributed by atoms with Crippen LogP contribution in [-0.4, -0.2) is 62.5 Å². The molecule has 2 atom stereocenters. The van der Waals surface area contributed by atoms with Crippen LogP contribution in [0.1, 0.15) is 40.5 Å². The number of rotatable bonds is 5. The highest BCUT2D eigenvalue weighted by molar-refractivity contribution is 7.89. The van der Waals surface area contributed by atoms with Gasteiger partial charge >= 0.3 is 17.9 Å². The van der Waals surface area contributed by atoms with Crippen molar-refractivity contribution in [2.75, 3.05) is 20.8 Å². The molecule has 2 unspecified atom stereocenters. The molecule has 0 saturated carbocycles. The van der Waals surface area contributed by atoms with Gasteiger partial charge in [-0.15, -0.1) is 0 Å². The lowest BCUT2D eigenvalue weighted by Gasteiger charge is -2.35. The zero-order chi connectivity index (χ0) is 20.4. The molecular weight excluding hydrogens is 378 g/mol. The highest BCUT2D eigenvalue weighted by Crippen LogP contribution is 2.29. The summed E-state index contributed by atoms with van der Waals surface area (Å²) in [7, 11) is -1.89. The fourth-order valence-electron chi connectivity index (χ4n) is 2.97. The molecule has 0 amide bonds. The highest BCUT2D eigenvalue weighted by atomic mass is 32.2. The molecule has 0 bridgehead atoms. The number of carboxylic acid groups (broad SMARTS) is 1. The van der Waals surface area contributed by atoms with Gasteiger partial charge in [0.1, 0.15) is 0 Å². The number of carboxylic acids is 1. The monoisotopic (exact) mass is 399 g/mol. The van der Waals surface area contributed by atoms with Gasteiger partial charge in [0.2, 0.25) is 10.0 Å². The lowest BCUT2D eigenvalue weighted by molar-refractivity contribution is -0.143. The standard InChI is InChI=1S/C17H21NO8S/c1-10-4-5-11(15(19)20)9-18(10)27(23,24)14-7-12(16(21)25-2)6-13(8-14)17(22)26-3/h6-8,10-11H,4-5,9H2,1-3H3,(H,19,20). The summed E-state index contributed by atoms with van der Waals surface area (Å²) in [6.45, 7) is 1.50. The molecule has 148 valence electrons. The molecule has 1 aromatic rings. The SMILES string of the molecule is COC(=O)c1cc(C(=O)OC)cc(S(=O)(=O)N2CC(C(=O)O)CCC2C)c1. The van der Waals surface area contributed by atoms with Crippen LogP contribution in [0, 0.1) is 5.92 Å². The average molecular weight is 399 g/mol. The minimum absolute atomic E-state index is 0.126. The Hall–Kier alpha value is -2.46. The number of hydrogen-bond acceptors (Lipinski definition) is 7. The smallest absolute Gasteiger partial charge is 0.337 e. The van der Waals surface area contributed by atoms with Crippen LogP contribution < -0.4 is 0 Å². The summed E-state index contributed by atoms with van der Waals surface area (Å²) >= 11 is 0. The molecule has 27 heavy (non-hydrogen) atoms. The normalized spacial score (nSPS) is 20.7. The second-order valence-electron chi connectivity index (χ2n) is 6.27. The van der Waals surface area contributed by atoms with Crippen LogP contribution in [0.25, 0.3) is 0 Å². The minimum atomic E-state index is -4.15. The van der Waals surface area contributed by atoms with E-state index in [2.05, 4.69) is 9.47 Å². The van der Waals surface area contributed by atoms with Crippen LogP contribution in [-0.2, 0) is 24.3 Å². The Balaban J connectivity index is 2.54. The fourth-order valence-corrected chi connectivity index (χ4v) is 4.74. The zero-order valence-electron chi connectivity index (χ0n) is 15.2. The summed E-state index contributed by atoms with van der Waals surface area (Å²) in [4.78, 5) is 34.7. The first-order valence-electron chi connectivity index (χ1n) is 8.18. The summed E-state index contributed by atoms with van der Waals surface area (Å²) in [5.74, 6) is -3.51. The molecule has 1 fully saturated rings. The number of benzene rings is 1. The number of carbonyl (C=O) groups is 3. The molecule has 9 nitrogen and oxygen atoms in total. The number of nitrogens with zero attached hydrogens (tertiary/aromatic N) is 1. The molecular formula is C17H21NO8S. The Morgan fingerprint density at radius 1 is 1.04 bits per heavy atom. The molecule has 0 radical (unpaired) electrons. The summed E-state index contributed by atoms with van der Waals surface area (Å²) in [6.07, 6.45) is 0.759. The Morgan fingerprint density at radius 3 is 2.00 bits per heavy atom. The first kappa shape index (κ1) is 20.8. The lowest BCUT2D eigenvalue weighted by Crippen LogP contribution is -2.47. The van der Waals surface area contributed by atoms with Gasteiger partial charge < -0.3 is 14.6 Å². The van der Waals surface area contributed by atoms with Crippen molar-refractivity contribution in [1.82, 2.24) is 4.31 Å². The summed E-state index contributed by atoms with van der Waals surface area (Å²) in [6, 6.07) is 2.96.